The van der Waals surface area contributed by atoms with Gasteiger partial charge in [0.05, 0.1) is 18.6 Å². The first-order valence-corrected chi connectivity index (χ1v) is 6.92. The highest BCUT2D eigenvalue weighted by atomic mass is 16.4. The number of carboxylic acid groups (broad SMARTS) is 1. The number of hydrogen-bond donors (Lipinski definition) is 1. The first kappa shape index (κ1) is 15.0. The number of allylic oxidation sites excluding steroid dienone is 1. The maximum atomic E-state index is 11.4. The molecule has 110 valence electrons. The van der Waals surface area contributed by atoms with E-state index in [1.54, 1.807) is 10.9 Å². The zero-order chi connectivity index (χ0) is 15.6. The summed E-state index contributed by atoms with van der Waals surface area (Å²) in [5.41, 5.74) is 3.31. The van der Waals surface area contributed by atoms with Gasteiger partial charge >= 0.3 is 5.97 Å². The summed E-state index contributed by atoms with van der Waals surface area (Å²) in [6.45, 7) is 10.2. The lowest BCUT2D eigenvalue weighted by atomic mass is 9.90. The second kappa shape index (κ2) is 5.95. The molecule has 1 aromatic heterocycles. The number of carboxylic acids is 1. The van der Waals surface area contributed by atoms with Crippen LogP contribution in [0.15, 0.2) is 48.9 Å². The number of imidazole rings is 1. The Morgan fingerprint density at radius 1 is 1.29 bits per heavy atom. The van der Waals surface area contributed by atoms with Crippen molar-refractivity contribution in [1.29, 1.82) is 0 Å². The van der Waals surface area contributed by atoms with Gasteiger partial charge in [0.15, 0.2) is 0 Å². The predicted octanol–water partition coefficient (Wildman–Crippen LogP) is 3.87. The molecule has 0 amide bonds. The summed E-state index contributed by atoms with van der Waals surface area (Å²) in [6.07, 6.45) is 2.93. The predicted molar refractivity (Wildman–Crippen MR) is 82.7 cm³/mol. The zero-order valence-electron chi connectivity index (χ0n) is 12.6. The highest BCUT2D eigenvalue weighted by Crippen LogP contribution is 2.32. The summed E-state index contributed by atoms with van der Waals surface area (Å²) in [5, 5.41) is 9.32. The number of aromatic carboxylic acids is 1. The van der Waals surface area contributed by atoms with Gasteiger partial charge in [-0.2, -0.15) is 0 Å². The van der Waals surface area contributed by atoms with Crippen LogP contribution in [0, 0.1) is 0 Å². The van der Waals surface area contributed by atoms with Crippen molar-refractivity contribution in [2.75, 3.05) is 0 Å². The molecule has 1 atom stereocenters. The van der Waals surface area contributed by atoms with Crippen molar-refractivity contribution < 1.29 is 9.90 Å². The molecule has 4 nitrogen and oxygen atoms in total. The van der Waals surface area contributed by atoms with Gasteiger partial charge in [0.2, 0.25) is 0 Å². The highest BCUT2D eigenvalue weighted by molar-refractivity contribution is 5.85. The van der Waals surface area contributed by atoms with Gasteiger partial charge in [-0.1, -0.05) is 50.3 Å². The van der Waals surface area contributed by atoms with Crippen LogP contribution < -0.4 is 0 Å². The van der Waals surface area contributed by atoms with Crippen LogP contribution in [0.25, 0.3) is 0 Å². The van der Waals surface area contributed by atoms with Crippen LogP contribution >= 0.6 is 0 Å². The Morgan fingerprint density at radius 3 is 2.43 bits per heavy atom. The van der Waals surface area contributed by atoms with E-state index in [0.717, 1.165) is 11.1 Å². The fourth-order valence-electron chi connectivity index (χ4n) is 2.61. The minimum absolute atomic E-state index is 0.168. The Kier molecular flexibility index (Phi) is 4.26. The van der Waals surface area contributed by atoms with Crippen LogP contribution in [0.4, 0.5) is 0 Å². The third-order valence-corrected chi connectivity index (χ3v) is 3.54. The fraction of sp³-hybridized carbons (Fsp3) is 0.294. The van der Waals surface area contributed by atoms with Crippen molar-refractivity contribution in [2.45, 2.75) is 32.7 Å². The van der Waals surface area contributed by atoms with Gasteiger partial charge in [-0.3, -0.25) is 0 Å². The maximum Gasteiger partial charge on any atom is 0.354 e. The van der Waals surface area contributed by atoms with Crippen molar-refractivity contribution in [1.82, 2.24) is 9.55 Å². The quantitative estimate of drug-likeness (QED) is 0.848. The lowest BCUT2D eigenvalue weighted by Crippen LogP contribution is -2.18. The van der Waals surface area contributed by atoms with Crippen molar-refractivity contribution in [2.24, 2.45) is 0 Å². The van der Waals surface area contributed by atoms with Crippen molar-refractivity contribution in [3.05, 3.63) is 65.8 Å². The van der Waals surface area contributed by atoms with E-state index in [9.17, 15) is 9.90 Å². The van der Waals surface area contributed by atoms with Gasteiger partial charge in [-0.05, 0) is 24.0 Å². The standard InChI is InChI=1S/C17H20N2O2/c1-11(2)13-7-5-6-8-14(13)16(12(3)4)19-10-18-9-15(19)17(20)21/h5-11,16H,3H2,1-2,4H3,(H,20,21)/t16-/m0/s1. The Morgan fingerprint density at radius 2 is 1.90 bits per heavy atom. The monoisotopic (exact) mass is 284 g/mol. The highest BCUT2D eigenvalue weighted by Gasteiger charge is 2.23. The molecule has 0 aliphatic carbocycles. The van der Waals surface area contributed by atoms with Gasteiger partial charge in [-0.25, -0.2) is 9.78 Å². The number of aromatic nitrogens is 2. The lowest BCUT2D eigenvalue weighted by molar-refractivity contribution is 0.0684. The minimum Gasteiger partial charge on any atom is -0.477 e. The molecule has 2 rings (SSSR count). The molecule has 0 radical (unpaired) electrons. The topological polar surface area (TPSA) is 55.1 Å². The van der Waals surface area contributed by atoms with Crippen molar-refractivity contribution in [3.63, 3.8) is 0 Å². The van der Waals surface area contributed by atoms with Crippen LogP contribution in [0.5, 0.6) is 0 Å². The first-order valence-electron chi connectivity index (χ1n) is 6.92. The van der Waals surface area contributed by atoms with E-state index in [-0.39, 0.29) is 11.7 Å². The number of carbonyl (C=O) groups is 1. The minimum atomic E-state index is -0.985. The van der Waals surface area contributed by atoms with Crippen LogP contribution in [0.2, 0.25) is 0 Å². The second-order valence-electron chi connectivity index (χ2n) is 5.52. The lowest BCUT2D eigenvalue weighted by Gasteiger charge is -2.24. The SMILES string of the molecule is C=C(C)[C@@H](c1ccccc1C(C)C)n1cncc1C(=O)O. The third-order valence-electron chi connectivity index (χ3n) is 3.54. The average molecular weight is 284 g/mol. The van der Waals surface area contributed by atoms with Crippen molar-refractivity contribution in [3.8, 4) is 0 Å². The van der Waals surface area contributed by atoms with Gasteiger partial charge in [0, 0.05) is 0 Å². The molecule has 0 unspecified atom stereocenters. The molecule has 0 aliphatic rings. The molecular weight excluding hydrogens is 264 g/mol. The average Bonchev–Trinajstić information content (AvgIpc) is 2.88. The normalized spacial score (nSPS) is 12.4. The molecule has 21 heavy (non-hydrogen) atoms. The molecule has 0 aliphatic heterocycles. The van der Waals surface area contributed by atoms with E-state index < -0.39 is 5.97 Å². The summed E-state index contributed by atoms with van der Waals surface area (Å²) in [6, 6.07) is 7.85. The molecule has 0 bridgehead atoms. The molecular formula is C17H20N2O2. The van der Waals surface area contributed by atoms with Gasteiger partial charge in [0.1, 0.15) is 5.69 Å². The largest absolute Gasteiger partial charge is 0.477 e. The first-order chi connectivity index (χ1) is 9.93. The third kappa shape index (κ3) is 2.89. The maximum absolute atomic E-state index is 11.4. The van der Waals surface area contributed by atoms with E-state index >= 15 is 0 Å². The summed E-state index contributed by atoms with van der Waals surface area (Å²) >= 11 is 0. The number of benzene rings is 1. The molecule has 1 N–H and O–H groups in total. The Balaban J connectivity index is 2.63. The van der Waals surface area contributed by atoms with E-state index in [1.807, 2.05) is 25.1 Å². The molecule has 4 heteroatoms. The molecule has 0 spiro atoms. The fourth-order valence-corrected chi connectivity index (χ4v) is 2.61. The molecule has 2 aromatic rings. The molecule has 1 heterocycles. The van der Waals surface area contributed by atoms with Crippen LogP contribution in [-0.2, 0) is 0 Å². The zero-order valence-corrected chi connectivity index (χ0v) is 12.6. The molecule has 1 aromatic carbocycles. The van der Waals surface area contributed by atoms with Crippen LogP contribution in [-0.4, -0.2) is 20.6 Å². The Labute approximate surface area is 124 Å². The summed E-state index contributed by atoms with van der Waals surface area (Å²) < 4.78 is 1.67. The molecule has 0 saturated carbocycles. The summed E-state index contributed by atoms with van der Waals surface area (Å²) in [5.74, 6) is -0.638. The summed E-state index contributed by atoms with van der Waals surface area (Å²) in [7, 11) is 0. The van der Waals surface area contributed by atoms with Gasteiger partial charge < -0.3 is 9.67 Å². The van der Waals surface area contributed by atoms with E-state index in [2.05, 4.69) is 31.5 Å². The van der Waals surface area contributed by atoms with Gasteiger partial charge in [0.25, 0.3) is 0 Å². The van der Waals surface area contributed by atoms with Crippen LogP contribution in [0.3, 0.4) is 0 Å². The van der Waals surface area contributed by atoms with E-state index in [0.29, 0.717) is 5.92 Å². The van der Waals surface area contributed by atoms with Crippen LogP contribution in [0.1, 0.15) is 54.3 Å². The molecule has 0 fully saturated rings. The summed E-state index contributed by atoms with van der Waals surface area (Å²) in [4.78, 5) is 15.4. The second-order valence-corrected chi connectivity index (χ2v) is 5.52. The Bertz CT molecular complexity index is 671. The number of nitrogens with zero attached hydrogens (tertiary/aromatic N) is 2. The van der Waals surface area contributed by atoms with Gasteiger partial charge in [-0.15, -0.1) is 0 Å². The van der Waals surface area contributed by atoms with E-state index in [1.165, 1.54) is 11.8 Å². The number of hydrogen-bond acceptors (Lipinski definition) is 2. The van der Waals surface area contributed by atoms with Crippen molar-refractivity contribution >= 4 is 5.97 Å². The van der Waals surface area contributed by atoms with E-state index in [4.69, 9.17) is 0 Å². The number of rotatable bonds is 5. The Hall–Kier alpha value is -2.36. The molecule has 0 saturated heterocycles. The smallest absolute Gasteiger partial charge is 0.354 e.